The van der Waals surface area contributed by atoms with Gasteiger partial charge in [0.25, 0.3) is 5.91 Å². The van der Waals surface area contributed by atoms with E-state index in [1.54, 1.807) is 28.8 Å². The fraction of sp³-hybridized carbons (Fsp3) is 0.118. The van der Waals surface area contributed by atoms with Gasteiger partial charge in [-0.15, -0.1) is 13.2 Å². The number of halogens is 3. The SMILES string of the molecule is O=C(COC(=O)c1cn2ccccc2n1)Nc1ccc(OC(F)(F)F)cc1. The van der Waals surface area contributed by atoms with Crippen molar-refractivity contribution in [1.82, 2.24) is 9.38 Å². The van der Waals surface area contributed by atoms with Gasteiger partial charge in [0.2, 0.25) is 0 Å². The molecule has 0 radical (unpaired) electrons. The lowest BCUT2D eigenvalue weighted by atomic mass is 10.3. The first-order valence-corrected chi connectivity index (χ1v) is 7.57. The minimum atomic E-state index is -4.79. The van der Waals surface area contributed by atoms with Gasteiger partial charge >= 0.3 is 12.3 Å². The zero-order chi connectivity index (χ0) is 19.4. The summed E-state index contributed by atoms with van der Waals surface area (Å²) in [4.78, 5) is 27.8. The van der Waals surface area contributed by atoms with Crippen molar-refractivity contribution in [2.45, 2.75) is 6.36 Å². The predicted molar refractivity (Wildman–Crippen MR) is 87.2 cm³/mol. The first-order chi connectivity index (χ1) is 12.8. The molecule has 27 heavy (non-hydrogen) atoms. The van der Waals surface area contributed by atoms with E-state index in [9.17, 15) is 22.8 Å². The Hall–Kier alpha value is -3.56. The highest BCUT2D eigenvalue weighted by Crippen LogP contribution is 2.23. The molecule has 10 heteroatoms. The van der Waals surface area contributed by atoms with Crippen LogP contribution in [0.3, 0.4) is 0 Å². The number of carbonyl (C=O) groups is 2. The third-order valence-corrected chi connectivity index (χ3v) is 3.28. The first-order valence-electron chi connectivity index (χ1n) is 7.57. The minimum absolute atomic E-state index is 0.0441. The number of nitrogens with one attached hydrogen (secondary N) is 1. The highest BCUT2D eigenvalue weighted by Gasteiger charge is 2.30. The number of imidazole rings is 1. The van der Waals surface area contributed by atoms with Crippen LogP contribution in [-0.2, 0) is 9.53 Å². The molecular formula is C17H12F3N3O4. The summed E-state index contributed by atoms with van der Waals surface area (Å²) in [5.41, 5.74) is 0.816. The number of nitrogens with zero attached hydrogens (tertiary/aromatic N) is 2. The number of benzene rings is 1. The van der Waals surface area contributed by atoms with Crippen LogP contribution in [-0.4, -0.2) is 34.2 Å². The molecule has 2 aromatic heterocycles. The topological polar surface area (TPSA) is 81.9 Å². The van der Waals surface area contributed by atoms with Gasteiger partial charge in [0.1, 0.15) is 11.4 Å². The number of aromatic nitrogens is 2. The number of hydrogen-bond donors (Lipinski definition) is 1. The first kappa shape index (κ1) is 18.2. The Bertz CT molecular complexity index is 934. The van der Waals surface area contributed by atoms with Gasteiger partial charge in [-0.25, -0.2) is 9.78 Å². The molecule has 0 aliphatic heterocycles. The van der Waals surface area contributed by atoms with Crippen molar-refractivity contribution in [2.75, 3.05) is 11.9 Å². The van der Waals surface area contributed by atoms with E-state index in [1.807, 2.05) is 0 Å². The molecule has 1 N–H and O–H groups in total. The number of carbonyl (C=O) groups excluding carboxylic acids is 2. The number of alkyl halides is 3. The Morgan fingerprint density at radius 2 is 1.85 bits per heavy atom. The molecule has 0 spiro atoms. The standard InChI is InChI=1S/C17H12F3N3O4/c18-17(19,20)27-12-6-4-11(5-7-12)21-15(24)10-26-16(25)13-9-23-8-2-1-3-14(23)22-13/h1-9H,10H2,(H,21,24). The van der Waals surface area contributed by atoms with Crippen LogP contribution in [0.2, 0.25) is 0 Å². The lowest BCUT2D eigenvalue weighted by Gasteiger charge is -2.10. The number of anilines is 1. The van der Waals surface area contributed by atoms with Crippen molar-refractivity contribution in [2.24, 2.45) is 0 Å². The van der Waals surface area contributed by atoms with Crippen LogP contribution in [0.1, 0.15) is 10.5 Å². The van der Waals surface area contributed by atoms with Crippen molar-refractivity contribution in [1.29, 1.82) is 0 Å². The largest absolute Gasteiger partial charge is 0.573 e. The Labute approximate surface area is 150 Å². The average molecular weight is 379 g/mol. The molecule has 0 saturated carbocycles. The molecule has 7 nitrogen and oxygen atoms in total. The van der Waals surface area contributed by atoms with Crippen LogP contribution in [0.15, 0.2) is 54.9 Å². The van der Waals surface area contributed by atoms with Crippen molar-refractivity contribution in [3.8, 4) is 5.75 Å². The van der Waals surface area contributed by atoms with Gasteiger partial charge in [-0.2, -0.15) is 0 Å². The van der Waals surface area contributed by atoms with Crippen LogP contribution in [0.5, 0.6) is 5.75 Å². The number of esters is 1. The summed E-state index contributed by atoms with van der Waals surface area (Å²) in [5.74, 6) is -1.85. The fourth-order valence-electron chi connectivity index (χ4n) is 2.18. The second-order valence-corrected chi connectivity index (χ2v) is 5.29. The van der Waals surface area contributed by atoms with E-state index in [1.165, 1.54) is 18.3 Å². The van der Waals surface area contributed by atoms with E-state index in [-0.39, 0.29) is 11.4 Å². The summed E-state index contributed by atoms with van der Waals surface area (Å²) in [6, 6.07) is 9.78. The Morgan fingerprint density at radius 3 is 2.52 bits per heavy atom. The van der Waals surface area contributed by atoms with Gasteiger partial charge in [-0.05, 0) is 36.4 Å². The van der Waals surface area contributed by atoms with Crippen molar-refractivity contribution in [3.63, 3.8) is 0 Å². The molecule has 0 aliphatic carbocycles. The van der Waals surface area contributed by atoms with E-state index in [0.29, 0.717) is 5.65 Å². The number of pyridine rings is 1. The maximum atomic E-state index is 12.1. The van der Waals surface area contributed by atoms with Gasteiger partial charge in [0.15, 0.2) is 12.3 Å². The highest BCUT2D eigenvalue weighted by molar-refractivity contribution is 5.95. The third-order valence-electron chi connectivity index (χ3n) is 3.28. The van der Waals surface area contributed by atoms with E-state index in [4.69, 9.17) is 4.74 Å². The average Bonchev–Trinajstić information content (AvgIpc) is 3.04. The Morgan fingerprint density at radius 1 is 1.11 bits per heavy atom. The fourth-order valence-corrected chi connectivity index (χ4v) is 2.18. The van der Waals surface area contributed by atoms with Gasteiger partial charge in [-0.1, -0.05) is 6.07 Å². The molecule has 140 valence electrons. The lowest BCUT2D eigenvalue weighted by Crippen LogP contribution is -2.21. The summed E-state index contributed by atoms with van der Waals surface area (Å²) in [6.07, 6.45) is -1.62. The molecule has 3 aromatic rings. The molecule has 1 aromatic carbocycles. The van der Waals surface area contributed by atoms with Crippen molar-refractivity contribution < 1.29 is 32.2 Å². The van der Waals surface area contributed by atoms with Crippen LogP contribution < -0.4 is 10.1 Å². The van der Waals surface area contributed by atoms with Crippen molar-refractivity contribution in [3.05, 3.63) is 60.6 Å². The summed E-state index contributed by atoms with van der Waals surface area (Å²) >= 11 is 0. The van der Waals surface area contributed by atoms with Crippen LogP contribution in [0, 0.1) is 0 Å². The quantitative estimate of drug-likeness (QED) is 0.689. The zero-order valence-corrected chi connectivity index (χ0v) is 13.6. The lowest BCUT2D eigenvalue weighted by molar-refractivity contribution is -0.274. The highest BCUT2D eigenvalue weighted by atomic mass is 19.4. The molecule has 3 rings (SSSR count). The van der Waals surface area contributed by atoms with Crippen molar-refractivity contribution >= 4 is 23.2 Å². The molecule has 2 heterocycles. The van der Waals surface area contributed by atoms with Gasteiger partial charge < -0.3 is 19.2 Å². The summed E-state index contributed by atoms with van der Waals surface area (Å²) in [6.45, 7) is -0.576. The molecule has 0 bridgehead atoms. The summed E-state index contributed by atoms with van der Waals surface area (Å²) < 4.78 is 46.5. The third kappa shape index (κ3) is 4.97. The number of rotatable bonds is 5. The van der Waals surface area contributed by atoms with E-state index in [0.717, 1.165) is 12.1 Å². The Kier molecular flexibility index (Phi) is 4.97. The second-order valence-electron chi connectivity index (χ2n) is 5.29. The van der Waals surface area contributed by atoms with Crippen LogP contribution in [0.4, 0.5) is 18.9 Å². The second kappa shape index (κ2) is 7.36. The maximum absolute atomic E-state index is 12.1. The predicted octanol–water partition coefficient (Wildman–Crippen LogP) is 3.03. The number of hydrogen-bond acceptors (Lipinski definition) is 5. The number of amides is 1. The molecule has 0 unspecified atom stereocenters. The molecule has 0 saturated heterocycles. The van der Waals surface area contributed by atoms with Crippen LogP contribution in [0.25, 0.3) is 5.65 Å². The summed E-state index contributed by atoms with van der Waals surface area (Å²) in [5, 5.41) is 2.39. The Balaban J connectivity index is 1.52. The van der Waals surface area contributed by atoms with E-state index < -0.39 is 30.6 Å². The molecule has 0 fully saturated rings. The number of ether oxygens (including phenoxy) is 2. The maximum Gasteiger partial charge on any atom is 0.573 e. The smallest absolute Gasteiger partial charge is 0.451 e. The number of fused-ring (bicyclic) bond motifs is 1. The minimum Gasteiger partial charge on any atom is -0.451 e. The molecule has 1 amide bonds. The van der Waals surface area contributed by atoms with E-state index >= 15 is 0 Å². The van der Waals surface area contributed by atoms with Gasteiger partial charge in [0, 0.05) is 18.1 Å². The zero-order valence-electron chi connectivity index (χ0n) is 13.6. The van der Waals surface area contributed by atoms with Gasteiger partial charge in [0.05, 0.1) is 0 Å². The van der Waals surface area contributed by atoms with Crippen LogP contribution >= 0.6 is 0 Å². The normalized spacial score (nSPS) is 11.2. The summed E-state index contributed by atoms with van der Waals surface area (Å²) in [7, 11) is 0. The monoisotopic (exact) mass is 379 g/mol. The van der Waals surface area contributed by atoms with E-state index in [2.05, 4.69) is 15.0 Å². The molecule has 0 atom stereocenters. The molecular weight excluding hydrogens is 367 g/mol. The van der Waals surface area contributed by atoms with Gasteiger partial charge in [-0.3, -0.25) is 4.79 Å². The molecule has 0 aliphatic rings.